The first-order valence-electron chi connectivity index (χ1n) is 8.73. The number of carbonyl (C=O) groups is 1. The van der Waals surface area contributed by atoms with Crippen molar-refractivity contribution in [1.82, 2.24) is 4.57 Å². The van der Waals surface area contributed by atoms with Crippen molar-refractivity contribution in [3.63, 3.8) is 0 Å². The van der Waals surface area contributed by atoms with Gasteiger partial charge in [-0.2, -0.15) is 0 Å². The van der Waals surface area contributed by atoms with Gasteiger partial charge in [0.15, 0.2) is 11.5 Å². The molecule has 1 atom stereocenters. The number of nitrogens with zero attached hydrogens (tertiary/aromatic N) is 1. The van der Waals surface area contributed by atoms with Crippen LogP contribution in [0.5, 0.6) is 11.5 Å². The van der Waals surface area contributed by atoms with Gasteiger partial charge in [0.1, 0.15) is 6.10 Å². The zero-order valence-electron chi connectivity index (χ0n) is 15.9. The Bertz CT molecular complexity index is 1060. The Morgan fingerprint density at radius 3 is 2.59 bits per heavy atom. The van der Waals surface area contributed by atoms with E-state index in [2.05, 4.69) is 0 Å². The minimum Gasteiger partial charge on any atom is -0.493 e. The molecule has 0 radical (unpaired) electrons. The third-order valence-electron chi connectivity index (χ3n) is 4.45. The van der Waals surface area contributed by atoms with Crippen molar-refractivity contribution in [2.45, 2.75) is 6.10 Å². The summed E-state index contributed by atoms with van der Waals surface area (Å²) >= 11 is 6.22. The van der Waals surface area contributed by atoms with Gasteiger partial charge >= 0.3 is 5.97 Å². The number of carboxylic acids is 1. The zero-order chi connectivity index (χ0) is 21.0. The number of benzene rings is 2. The molecular weight excluding hydrogens is 394 g/mol. The van der Waals surface area contributed by atoms with Crippen LogP contribution in [0.3, 0.4) is 0 Å². The monoisotopic (exact) mass is 413 g/mol. The Morgan fingerprint density at radius 1 is 1.10 bits per heavy atom. The molecule has 2 N–H and O–H groups in total. The number of aliphatic hydroxyl groups excluding tert-OH is 1. The quantitative estimate of drug-likeness (QED) is 0.563. The molecule has 2 aromatic carbocycles. The van der Waals surface area contributed by atoms with Gasteiger partial charge in [-0.25, -0.2) is 4.79 Å². The van der Waals surface area contributed by atoms with E-state index >= 15 is 0 Å². The zero-order valence-corrected chi connectivity index (χ0v) is 16.6. The van der Waals surface area contributed by atoms with Gasteiger partial charge < -0.3 is 24.3 Å². The third-order valence-corrected chi connectivity index (χ3v) is 4.68. The highest BCUT2D eigenvalue weighted by Crippen LogP contribution is 2.39. The molecule has 29 heavy (non-hydrogen) atoms. The lowest BCUT2D eigenvalue weighted by Crippen LogP contribution is -2.08. The molecule has 1 unspecified atom stereocenters. The topological polar surface area (TPSA) is 80.9 Å². The highest BCUT2D eigenvalue weighted by atomic mass is 35.5. The van der Waals surface area contributed by atoms with E-state index in [1.165, 1.54) is 20.3 Å². The van der Waals surface area contributed by atoms with Crippen molar-refractivity contribution in [2.24, 2.45) is 0 Å². The number of carboxylic acid groups (broad SMARTS) is 1. The van der Waals surface area contributed by atoms with Gasteiger partial charge in [-0.1, -0.05) is 23.7 Å². The Balaban J connectivity index is 2.15. The van der Waals surface area contributed by atoms with E-state index in [9.17, 15) is 9.90 Å². The van der Waals surface area contributed by atoms with Gasteiger partial charge in [-0.3, -0.25) is 0 Å². The van der Waals surface area contributed by atoms with Crippen LogP contribution >= 0.6 is 11.6 Å². The first-order chi connectivity index (χ1) is 14.0. The molecule has 0 saturated carbocycles. The number of rotatable bonds is 7. The van der Waals surface area contributed by atoms with Crippen LogP contribution in [0.4, 0.5) is 0 Å². The van der Waals surface area contributed by atoms with E-state index in [1.807, 2.05) is 0 Å². The number of methoxy groups -OCH3 is 2. The van der Waals surface area contributed by atoms with E-state index in [-0.39, 0.29) is 0 Å². The summed E-state index contributed by atoms with van der Waals surface area (Å²) in [5.74, 6) is -0.124. The molecule has 0 saturated heterocycles. The smallest absolute Gasteiger partial charge is 0.328 e. The third kappa shape index (κ3) is 4.29. The summed E-state index contributed by atoms with van der Waals surface area (Å²) in [5.41, 5.74) is 2.35. The molecule has 0 aliphatic carbocycles. The summed E-state index contributed by atoms with van der Waals surface area (Å²) in [6.07, 6.45) is 3.26. The van der Waals surface area contributed by atoms with Crippen LogP contribution in [-0.4, -0.2) is 35.0 Å². The van der Waals surface area contributed by atoms with Gasteiger partial charge in [0.2, 0.25) is 0 Å². The average Bonchev–Trinajstić information content (AvgIpc) is 3.19. The number of hydrogen-bond donors (Lipinski definition) is 2. The predicted octanol–water partition coefficient (Wildman–Crippen LogP) is 4.33. The lowest BCUT2D eigenvalue weighted by molar-refractivity contribution is -0.131. The average molecular weight is 414 g/mol. The van der Waals surface area contributed by atoms with Crippen molar-refractivity contribution in [3.8, 4) is 17.2 Å². The number of halogens is 1. The first kappa shape index (κ1) is 20.5. The van der Waals surface area contributed by atoms with Gasteiger partial charge in [0.05, 0.1) is 19.9 Å². The standard InChI is InChI=1S/C22H20ClNO5/c1-28-19-7-3-6-16(22(19)29-2)21(27)17-13-14(23)8-10-18(17)24-12-4-5-15(24)9-11-20(25)26/h3-13,21,27H,1-2H3,(H,25,26)/b11-9+. The Labute approximate surface area is 173 Å². The fourth-order valence-electron chi connectivity index (χ4n) is 3.16. The van der Waals surface area contributed by atoms with E-state index in [4.69, 9.17) is 26.2 Å². The Morgan fingerprint density at radius 2 is 1.90 bits per heavy atom. The van der Waals surface area contributed by atoms with Crippen LogP contribution in [-0.2, 0) is 4.79 Å². The molecule has 0 bridgehead atoms. The fraction of sp³-hybridized carbons (Fsp3) is 0.136. The summed E-state index contributed by atoms with van der Waals surface area (Å²) in [7, 11) is 3.04. The number of para-hydroxylation sites is 1. The number of ether oxygens (including phenoxy) is 2. The first-order valence-corrected chi connectivity index (χ1v) is 9.11. The molecule has 1 aromatic heterocycles. The van der Waals surface area contributed by atoms with E-state index in [0.717, 1.165) is 6.08 Å². The van der Waals surface area contributed by atoms with Crippen molar-refractivity contribution in [1.29, 1.82) is 0 Å². The molecule has 3 aromatic rings. The van der Waals surface area contributed by atoms with Gasteiger partial charge in [0, 0.05) is 34.1 Å². The second-order valence-corrected chi connectivity index (χ2v) is 6.60. The second-order valence-electron chi connectivity index (χ2n) is 6.16. The van der Waals surface area contributed by atoms with Crippen molar-refractivity contribution < 1.29 is 24.5 Å². The van der Waals surface area contributed by atoms with Crippen LogP contribution < -0.4 is 9.47 Å². The molecule has 0 aliphatic rings. The Hall–Kier alpha value is -3.22. The molecular formula is C22H20ClNO5. The molecule has 0 spiro atoms. The highest BCUT2D eigenvalue weighted by Gasteiger charge is 2.22. The summed E-state index contributed by atoms with van der Waals surface area (Å²) < 4.78 is 12.6. The van der Waals surface area contributed by atoms with Crippen LogP contribution in [0.15, 0.2) is 60.8 Å². The number of aromatic nitrogens is 1. The minimum atomic E-state index is -1.06. The number of hydrogen-bond acceptors (Lipinski definition) is 4. The number of aliphatic hydroxyl groups is 1. The maximum absolute atomic E-state index is 11.2. The summed E-state index contributed by atoms with van der Waals surface area (Å²) in [6.45, 7) is 0. The minimum absolute atomic E-state index is 0.423. The van der Waals surface area contributed by atoms with Crippen LogP contribution in [0.1, 0.15) is 22.9 Å². The molecule has 3 rings (SSSR count). The molecule has 0 amide bonds. The van der Waals surface area contributed by atoms with E-state index in [0.29, 0.717) is 39.0 Å². The van der Waals surface area contributed by atoms with Crippen LogP contribution in [0.25, 0.3) is 11.8 Å². The fourth-order valence-corrected chi connectivity index (χ4v) is 3.35. The molecule has 7 heteroatoms. The maximum Gasteiger partial charge on any atom is 0.328 e. The molecule has 0 aliphatic heterocycles. The van der Waals surface area contributed by atoms with Gasteiger partial charge in [0.25, 0.3) is 0 Å². The molecule has 6 nitrogen and oxygen atoms in total. The summed E-state index contributed by atoms with van der Waals surface area (Å²) in [5, 5.41) is 20.6. The lowest BCUT2D eigenvalue weighted by atomic mass is 9.98. The largest absolute Gasteiger partial charge is 0.493 e. The molecule has 150 valence electrons. The molecule has 0 fully saturated rings. The van der Waals surface area contributed by atoms with Crippen molar-refractivity contribution in [3.05, 3.63) is 82.6 Å². The van der Waals surface area contributed by atoms with E-state index in [1.54, 1.807) is 59.3 Å². The van der Waals surface area contributed by atoms with Gasteiger partial charge in [-0.15, -0.1) is 0 Å². The maximum atomic E-state index is 11.2. The van der Waals surface area contributed by atoms with Crippen molar-refractivity contribution >= 4 is 23.6 Å². The van der Waals surface area contributed by atoms with E-state index < -0.39 is 12.1 Å². The van der Waals surface area contributed by atoms with Crippen molar-refractivity contribution in [2.75, 3.05) is 14.2 Å². The predicted molar refractivity (Wildman–Crippen MR) is 111 cm³/mol. The summed E-state index contributed by atoms with van der Waals surface area (Å²) in [4.78, 5) is 10.9. The van der Waals surface area contributed by atoms with Crippen LogP contribution in [0.2, 0.25) is 5.02 Å². The SMILES string of the molecule is COc1cccc(C(O)c2cc(Cl)ccc2-n2cccc2/C=C/C(=O)O)c1OC. The van der Waals surface area contributed by atoms with Crippen LogP contribution in [0, 0.1) is 0 Å². The normalized spacial score (nSPS) is 12.1. The summed E-state index contributed by atoms with van der Waals surface area (Å²) in [6, 6.07) is 14.0. The molecule has 1 heterocycles. The Kier molecular flexibility index (Phi) is 6.26. The number of aliphatic carboxylic acids is 1. The van der Waals surface area contributed by atoms with Gasteiger partial charge in [-0.05, 0) is 42.5 Å². The second kappa shape index (κ2) is 8.86. The lowest BCUT2D eigenvalue weighted by Gasteiger charge is -2.21. The highest BCUT2D eigenvalue weighted by molar-refractivity contribution is 6.30.